The highest BCUT2D eigenvalue weighted by Gasteiger charge is 2.34. The summed E-state index contributed by atoms with van der Waals surface area (Å²) in [5, 5.41) is 6.63. The van der Waals surface area contributed by atoms with E-state index in [1.807, 2.05) is 18.2 Å². The highest BCUT2D eigenvalue weighted by molar-refractivity contribution is 7.89. The quantitative estimate of drug-likeness (QED) is 0.801. The average molecular weight is 393 g/mol. The predicted octanol–water partition coefficient (Wildman–Crippen LogP) is 1.64. The van der Waals surface area contributed by atoms with E-state index in [4.69, 9.17) is 9.26 Å². The van der Waals surface area contributed by atoms with Crippen LogP contribution < -0.4 is 10.1 Å². The van der Waals surface area contributed by atoms with Gasteiger partial charge in [0.1, 0.15) is 16.3 Å². The van der Waals surface area contributed by atoms with Gasteiger partial charge in [-0.1, -0.05) is 23.4 Å². The van der Waals surface area contributed by atoms with E-state index < -0.39 is 10.0 Å². The zero-order valence-electron chi connectivity index (χ0n) is 15.3. The lowest BCUT2D eigenvalue weighted by molar-refractivity contribution is -0.124. The van der Waals surface area contributed by atoms with E-state index in [2.05, 4.69) is 10.5 Å². The van der Waals surface area contributed by atoms with E-state index in [1.54, 1.807) is 26.0 Å². The van der Waals surface area contributed by atoms with E-state index in [0.717, 1.165) is 0 Å². The Kier molecular flexibility index (Phi) is 5.81. The number of hydrogen-bond acceptors (Lipinski definition) is 6. The molecule has 2 aromatic rings. The fraction of sp³-hybridized carbons (Fsp3) is 0.444. The molecule has 1 aromatic heterocycles. The molecule has 0 radical (unpaired) electrons. The average Bonchev–Trinajstić information content (AvgIpc) is 3.00. The Balaban J connectivity index is 1.51. The van der Waals surface area contributed by atoms with Crippen LogP contribution in [0.2, 0.25) is 0 Å². The van der Waals surface area contributed by atoms with Crippen LogP contribution in [0.1, 0.15) is 24.3 Å². The van der Waals surface area contributed by atoms with Gasteiger partial charge in [0.05, 0.1) is 0 Å². The fourth-order valence-electron chi connectivity index (χ4n) is 3.15. The Bertz CT molecular complexity index is 867. The fourth-order valence-corrected chi connectivity index (χ4v) is 4.91. The molecule has 0 atom stereocenters. The molecule has 0 bridgehead atoms. The Morgan fingerprint density at radius 2 is 1.93 bits per heavy atom. The van der Waals surface area contributed by atoms with E-state index in [0.29, 0.717) is 43.1 Å². The molecule has 1 fully saturated rings. The van der Waals surface area contributed by atoms with Gasteiger partial charge in [-0.2, -0.15) is 4.31 Å². The largest absolute Gasteiger partial charge is 0.484 e. The molecule has 27 heavy (non-hydrogen) atoms. The minimum absolute atomic E-state index is 0.0679. The number of piperidine rings is 1. The number of ether oxygens (including phenoxy) is 1. The first-order valence-electron chi connectivity index (χ1n) is 8.78. The Hall–Kier alpha value is -2.39. The third kappa shape index (κ3) is 4.48. The SMILES string of the molecule is Cc1noc(C)c1S(=O)(=O)N1CCC(NC(=O)COc2ccccc2)CC1. The molecule has 0 aliphatic carbocycles. The van der Waals surface area contributed by atoms with Gasteiger partial charge >= 0.3 is 0 Å². The number of carbonyl (C=O) groups is 1. The van der Waals surface area contributed by atoms with Gasteiger partial charge in [-0.25, -0.2) is 8.42 Å². The van der Waals surface area contributed by atoms with E-state index in [-0.39, 0.29) is 23.5 Å². The standard InChI is InChI=1S/C18H23N3O5S/c1-13-18(14(2)26-20-13)27(23,24)21-10-8-15(9-11-21)19-17(22)12-25-16-6-4-3-5-7-16/h3-7,15H,8-12H2,1-2H3,(H,19,22). The van der Waals surface area contributed by atoms with Crippen molar-refractivity contribution >= 4 is 15.9 Å². The van der Waals surface area contributed by atoms with Crippen molar-refractivity contribution in [3.8, 4) is 5.75 Å². The van der Waals surface area contributed by atoms with Gasteiger partial charge in [0, 0.05) is 19.1 Å². The Morgan fingerprint density at radius 3 is 2.52 bits per heavy atom. The lowest BCUT2D eigenvalue weighted by atomic mass is 10.1. The van der Waals surface area contributed by atoms with Gasteiger partial charge in [-0.15, -0.1) is 0 Å². The first-order chi connectivity index (χ1) is 12.9. The summed E-state index contributed by atoms with van der Waals surface area (Å²) in [5.74, 6) is 0.708. The van der Waals surface area contributed by atoms with Gasteiger partial charge in [-0.05, 0) is 38.8 Å². The number of para-hydroxylation sites is 1. The van der Waals surface area contributed by atoms with Crippen molar-refractivity contribution in [2.75, 3.05) is 19.7 Å². The van der Waals surface area contributed by atoms with Gasteiger partial charge in [0.2, 0.25) is 10.0 Å². The van der Waals surface area contributed by atoms with Crippen LogP contribution >= 0.6 is 0 Å². The van der Waals surface area contributed by atoms with Crippen LogP contribution in [0.5, 0.6) is 5.75 Å². The zero-order valence-corrected chi connectivity index (χ0v) is 16.2. The summed E-state index contributed by atoms with van der Waals surface area (Å²) in [4.78, 5) is 12.2. The van der Waals surface area contributed by atoms with E-state index in [9.17, 15) is 13.2 Å². The molecule has 0 unspecified atom stereocenters. The Morgan fingerprint density at radius 1 is 1.26 bits per heavy atom. The smallest absolute Gasteiger partial charge is 0.258 e. The predicted molar refractivity (Wildman–Crippen MR) is 97.8 cm³/mol. The van der Waals surface area contributed by atoms with Crippen LogP contribution in [0.15, 0.2) is 39.8 Å². The molecule has 1 aliphatic rings. The highest BCUT2D eigenvalue weighted by Crippen LogP contribution is 2.25. The number of aromatic nitrogens is 1. The van der Waals surface area contributed by atoms with Crippen molar-refractivity contribution in [3.05, 3.63) is 41.8 Å². The van der Waals surface area contributed by atoms with Gasteiger partial charge < -0.3 is 14.6 Å². The molecule has 2 heterocycles. The molecule has 146 valence electrons. The lowest BCUT2D eigenvalue weighted by Crippen LogP contribution is -2.47. The molecule has 3 rings (SSSR count). The van der Waals surface area contributed by atoms with Crippen LogP contribution in [0.4, 0.5) is 0 Å². The summed E-state index contributed by atoms with van der Waals surface area (Å²) in [6, 6.07) is 9.03. The first-order valence-corrected chi connectivity index (χ1v) is 10.2. The summed E-state index contributed by atoms with van der Waals surface area (Å²) < 4.78 is 37.4. The number of sulfonamides is 1. The van der Waals surface area contributed by atoms with Crippen molar-refractivity contribution in [1.82, 2.24) is 14.8 Å². The lowest BCUT2D eigenvalue weighted by Gasteiger charge is -2.31. The van der Waals surface area contributed by atoms with Gasteiger partial charge in [0.25, 0.3) is 5.91 Å². The monoisotopic (exact) mass is 393 g/mol. The second kappa shape index (κ2) is 8.10. The summed E-state index contributed by atoms with van der Waals surface area (Å²) in [7, 11) is -3.64. The Labute approximate surface area is 158 Å². The minimum atomic E-state index is -3.64. The molecular weight excluding hydrogens is 370 g/mol. The number of amides is 1. The summed E-state index contributed by atoms with van der Waals surface area (Å²) in [6.45, 7) is 3.80. The normalized spacial score (nSPS) is 16.2. The van der Waals surface area contributed by atoms with Gasteiger partial charge in [0.15, 0.2) is 12.4 Å². The van der Waals surface area contributed by atoms with Crippen LogP contribution in [-0.2, 0) is 14.8 Å². The van der Waals surface area contributed by atoms with Crippen molar-refractivity contribution in [2.45, 2.75) is 37.6 Å². The molecule has 1 amide bonds. The van der Waals surface area contributed by atoms with E-state index >= 15 is 0 Å². The summed E-state index contributed by atoms with van der Waals surface area (Å²) in [5.41, 5.74) is 0.362. The molecule has 8 nitrogen and oxygen atoms in total. The second-order valence-corrected chi connectivity index (χ2v) is 8.38. The molecule has 1 aliphatic heterocycles. The number of rotatable bonds is 6. The number of nitrogens with one attached hydrogen (secondary N) is 1. The second-order valence-electron chi connectivity index (χ2n) is 6.50. The van der Waals surface area contributed by atoms with Crippen LogP contribution in [0.25, 0.3) is 0 Å². The third-order valence-corrected chi connectivity index (χ3v) is 6.64. The van der Waals surface area contributed by atoms with Crippen molar-refractivity contribution in [3.63, 3.8) is 0 Å². The maximum Gasteiger partial charge on any atom is 0.258 e. The van der Waals surface area contributed by atoms with E-state index in [1.165, 1.54) is 4.31 Å². The molecule has 1 aromatic carbocycles. The third-order valence-electron chi connectivity index (χ3n) is 4.50. The van der Waals surface area contributed by atoms with Crippen molar-refractivity contribution < 1.29 is 22.5 Å². The topological polar surface area (TPSA) is 102 Å². The summed E-state index contributed by atoms with van der Waals surface area (Å²) in [6.07, 6.45) is 1.08. The number of nitrogens with zero attached hydrogens (tertiary/aromatic N) is 2. The number of hydrogen-bond donors (Lipinski definition) is 1. The van der Waals surface area contributed by atoms with Crippen LogP contribution in [0, 0.1) is 13.8 Å². The molecule has 1 saturated heterocycles. The molecule has 0 spiro atoms. The van der Waals surface area contributed by atoms with Gasteiger partial charge in [-0.3, -0.25) is 4.79 Å². The van der Waals surface area contributed by atoms with Crippen molar-refractivity contribution in [1.29, 1.82) is 0 Å². The molecule has 9 heteroatoms. The zero-order chi connectivity index (χ0) is 19.4. The maximum atomic E-state index is 12.8. The molecular formula is C18H23N3O5S. The van der Waals surface area contributed by atoms with Crippen LogP contribution in [0.3, 0.4) is 0 Å². The molecule has 0 saturated carbocycles. The minimum Gasteiger partial charge on any atom is -0.484 e. The van der Waals surface area contributed by atoms with Crippen molar-refractivity contribution in [2.24, 2.45) is 0 Å². The van der Waals surface area contributed by atoms with Crippen LogP contribution in [-0.4, -0.2) is 49.5 Å². The first kappa shape index (κ1) is 19.4. The molecule has 1 N–H and O–H groups in total. The number of benzene rings is 1. The number of aryl methyl sites for hydroxylation is 2. The highest BCUT2D eigenvalue weighted by atomic mass is 32.2. The maximum absolute atomic E-state index is 12.8. The summed E-state index contributed by atoms with van der Waals surface area (Å²) >= 11 is 0. The number of carbonyl (C=O) groups excluding carboxylic acids is 1.